The molecule has 3 heteroatoms. The summed E-state index contributed by atoms with van der Waals surface area (Å²) in [5.74, 6) is 2.40. The maximum absolute atomic E-state index is 11.1. The van der Waals surface area contributed by atoms with Crippen LogP contribution in [0.1, 0.15) is 33.6 Å². The number of nitrogens with one attached hydrogen (secondary N) is 2. The third-order valence-corrected chi connectivity index (χ3v) is 3.10. The molecule has 0 bridgehead atoms. The maximum Gasteiger partial charge on any atom is 0.314 e. The van der Waals surface area contributed by atoms with E-state index < -0.39 is 0 Å². The molecule has 1 fully saturated rings. The monoisotopic (exact) mass is 198 g/mol. The fraction of sp³-hybridized carbons (Fsp3) is 0.909. The molecule has 0 aliphatic heterocycles. The molecule has 2 N–H and O–H groups in total. The van der Waals surface area contributed by atoms with E-state index in [1.54, 1.807) is 0 Å². The zero-order valence-electron chi connectivity index (χ0n) is 9.47. The van der Waals surface area contributed by atoms with Crippen LogP contribution in [0.3, 0.4) is 0 Å². The highest BCUT2D eigenvalue weighted by Crippen LogP contribution is 2.38. The zero-order valence-corrected chi connectivity index (χ0v) is 9.47. The Hall–Kier alpha value is -0.730. The number of hydrogen-bond acceptors (Lipinski definition) is 1. The van der Waals surface area contributed by atoms with Crippen molar-refractivity contribution in [2.75, 3.05) is 13.1 Å². The normalized spacial score (nSPS) is 25.7. The van der Waals surface area contributed by atoms with Crippen molar-refractivity contribution < 1.29 is 4.79 Å². The van der Waals surface area contributed by atoms with Crippen molar-refractivity contribution >= 4 is 6.03 Å². The topological polar surface area (TPSA) is 41.1 Å². The number of hydrogen-bond donors (Lipinski definition) is 2. The number of urea groups is 1. The Kier molecular flexibility index (Phi) is 4.23. The summed E-state index contributed by atoms with van der Waals surface area (Å²) in [5.41, 5.74) is 0. The molecule has 0 atom stereocenters. The lowest BCUT2D eigenvalue weighted by Gasteiger charge is -2.38. The highest BCUT2D eigenvalue weighted by molar-refractivity contribution is 5.73. The van der Waals surface area contributed by atoms with E-state index >= 15 is 0 Å². The number of rotatable bonds is 4. The van der Waals surface area contributed by atoms with Crippen molar-refractivity contribution in [3.8, 4) is 0 Å². The lowest BCUT2D eigenvalue weighted by atomic mass is 9.69. The first-order valence-corrected chi connectivity index (χ1v) is 5.65. The van der Waals surface area contributed by atoms with Gasteiger partial charge in [-0.05, 0) is 37.5 Å². The Morgan fingerprint density at radius 3 is 2.50 bits per heavy atom. The first-order chi connectivity index (χ1) is 6.63. The van der Waals surface area contributed by atoms with Crippen molar-refractivity contribution in [2.45, 2.75) is 33.6 Å². The fourth-order valence-corrected chi connectivity index (χ4v) is 1.96. The maximum atomic E-state index is 11.1. The summed E-state index contributed by atoms with van der Waals surface area (Å²) in [6.07, 6.45) is 2.56. The molecule has 14 heavy (non-hydrogen) atoms. The van der Waals surface area contributed by atoms with Gasteiger partial charge in [0.2, 0.25) is 0 Å². The van der Waals surface area contributed by atoms with Crippen LogP contribution < -0.4 is 10.6 Å². The van der Waals surface area contributed by atoms with E-state index in [9.17, 15) is 4.79 Å². The Morgan fingerprint density at radius 1 is 1.36 bits per heavy atom. The van der Waals surface area contributed by atoms with E-state index in [0.29, 0.717) is 12.5 Å². The molecule has 82 valence electrons. The summed E-state index contributed by atoms with van der Waals surface area (Å²) >= 11 is 0. The summed E-state index contributed by atoms with van der Waals surface area (Å²) in [4.78, 5) is 11.1. The summed E-state index contributed by atoms with van der Waals surface area (Å²) in [6.45, 7) is 8.02. The average molecular weight is 198 g/mol. The smallest absolute Gasteiger partial charge is 0.314 e. The molecule has 1 aliphatic rings. The van der Waals surface area contributed by atoms with Crippen molar-refractivity contribution in [2.24, 2.45) is 17.8 Å². The average Bonchev–Trinajstić information content (AvgIpc) is 2.01. The van der Waals surface area contributed by atoms with Crippen molar-refractivity contribution in [3.05, 3.63) is 0 Å². The van der Waals surface area contributed by atoms with E-state index in [-0.39, 0.29) is 6.03 Å². The molecule has 2 amide bonds. The first-order valence-electron chi connectivity index (χ1n) is 5.65. The van der Waals surface area contributed by atoms with E-state index in [0.717, 1.165) is 18.4 Å². The fourth-order valence-electron chi connectivity index (χ4n) is 1.96. The van der Waals surface area contributed by atoms with Crippen molar-refractivity contribution in [1.29, 1.82) is 0 Å². The van der Waals surface area contributed by atoms with Gasteiger partial charge in [0.15, 0.2) is 0 Å². The molecule has 3 nitrogen and oxygen atoms in total. The van der Waals surface area contributed by atoms with Gasteiger partial charge >= 0.3 is 6.03 Å². The van der Waals surface area contributed by atoms with Gasteiger partial charge in [-0.3, -0.25) is 0 Å². The highest BCUT2D eigenvalue weighted by atomic mass is 16.2. The molecule has 0 aromatic carbocycles. The molecule has 0 spiro atoms. The van der Waals surface area contributed by atoms with E-state index in [4.69, 9.17) is 0 Å². The van der Waals surface area contributed by atoms with Crippen LogP contribution in [0, 0.1) is 17.8 Å². The molecule has 0 heterocycles. The highest BCUT2D eigenvalue weighted by Gasteiger charge is 2.30. The molecule has 0 aromatic rings. The summed E-state index contributed by atoms with van der Waals surface area (Å²) in [6, 6.07) is -0.0273. The Balaban J connectivity index is 2.03. The van der Waals surface area contributed by atoms with Crippen LogP contribution in [0.4, 0.5) is 4.79 Å². The SMILES string of the molecule is CCNC(=O)NC[C@H]1C[C@@H](C(C)C)C1. The molecular formula is C11H22N2O. The van der Waals surface area contributed by atoms with Gasteiger partial charge in [0, 0.05) is 13.1 Å². The minimum atomic E-state index is -0.0273. The van der Waals surface area contributed by atoms with E-state index in [1.165, 1.54) is 12.8 Å². The van der Waals surface area contributed by atoms with Crippen LogP contribution in [-0.2, 0) is 0 Å². The Bertz CT molecular complexity index is 186. The molecule has 0 saturated heterocycles. The minimum absolute atomic E-state index is 0.0273. The second-order valence-corrected chi connectivity index (χ2v) is 4.58. The number of carbonyl (C=O) groups excluding carboxylic acids is 1. The van der Waals surface area contributed by atoms with Crippen LogP contribution in [0.15, 0.2) is 0 Å². The summed E-state index contributed by atoms with van der Waals surface area (Å²) < 4.78 is 0. The molecule has 0 unspecified atom stereocenters. The predicted molar refractivity (Wildman–Crippen MR) is 58.1 cm³/mol. The van der Waals surface area contributed by atoms with E-state index in [1.807, 2.05) is 6.92 Å². The zero-order chi connectivity index (χ0) is 10.6. The van der Waals surface area contributed by atoms with Gasteiger partial charge in [0.25, 0.3) is 0 Å². The van der Waals surface area contributed by atoms with Crippen LogP contribution in [0.25, 0.3) is 0 Å². The van der Waals surface area contributed by atoms with Crippen molar-refractivity contribution in [3.63, 3.8) is 0 Å². The quantitative estimate of drug-likeness (QED) is 0.712. The molecule has 0 radical (unpaired) electrons. The van der Waals surface area contributed by atoms with Crippen LogP contribution in [0.5, 0.6) is 0 Å². The second-order valence-electron chi connectivity index (χ2n) is 4.58. The number of carbonyl (C=O) groups is 1. The van der Waals surface area contributed by atoms with Crippen LogP contribution in [-0.4, -0.2) is 19.1 Å². The molecular weight excluding hydrogens is 176 g/mol. The molecule has 1 rings (SSSR count). The van der Waals surface area contributed by atoms with E-state index in [2.05, 4.69) is 24.5 Å². The van der Waals surface area contributed by atoms with Crippen LogP contribution >= 0.6 is 0 Å². The lowest BCUT2D eigenvalue weighted by Crippen LogP contribution is -2.42. The Morgan fingerprint density at radius 2 is 2.00 bits per heavy atom. The van der Waals surface area contributed by atoms with Crippen molar-refractivity contribution in [1.82, 2.24) is 10.6 Å². The second kappa shape index (κ2) is 5.23. The lowest BCUT2D eigenvalue weighted by molar-refractivity contribution is 0.140. The molecule has 1 saturated carbocycles. The van der Waals surface area contributed by atoms with Gasteiger partial charge in [-0.1, -0.05) is 13.8 Å². The molecule has 1 aliphatic carbocycles. The first kappa shape index (κ1) is 11.3. The third-order valence-electron chi connectivity index (χ3n) is 3.10. The van der Waals surface area contributed by atoms with Gasteiger partial charge in [-0.2, -0.15) is 0 Å². The standard InChI is InChI=1S/C11H22N2O/c1-4-12-11(14)13-7-9-5-10(6-9)8(2)3/h8-10H,4-7H2,1-3H3,(H2,12,13,14)/t9-,10+. The largest absolute Gasteiger partial charge is 0.338 e. The Labute approximate surface area is 86.6 Å². The summed E-state index contributed by atoms with van der Waals surface area (Å²) in [5, 5.41) is 5.63. The van der Waals surface area contributed by atoms with Gasteiger partial charge in [-0.15, -0.1) is 0 Å². The predicted octanol–water partition coefficient (Wildman–Crippen LogP) is 1.99. The van der Waals surface area contributed by atoms with Crippen LogP contribution in [0.2, 0.25) is 0 Å². The third kappa shape index (κ3) is 3.20. The minimum Gasteiger partial charge on any atom is -0.338 e. The summed E-state index contributed by atoms with van der Waals surface area (Å²) in [7, 11) is 0. The molecule has 0 aromatic heterocycles. The van der Waals surface area contributed by atoms with Gasteiger partial charge in [-0.25, -0.2) is 4.79 Å². The van der Waals surface area contributed by atoms with Gasteiger partial charge < -0.3 is 10.6 Å². The van der Waals surface area contributed by atoms with Gasteiger partial charge in [0.1, 0.15) is 0 Å². The number of amides is 2. The van der Waals surface area contributed by atoms with Gasteiger partial charge in [0.05, 0.1) is 0 Å².